The van der Waals surface area contributed by atoms with Gasteiger partial charge in [0.15, 0.2) is 5.82 Å². The van der Waals surface area contributed by atoms with Crippen LogP contribution in [0.25, 0.3) is 12.2 Å². The maximum Gasteiger partial charge on any atom is 0.323 e. The Morgan fingerprint density at radius 1 is 0.795 bits per heavy atom. The van der Waals surface area contributed by atoms with E-state index in [1.165, 1.54) is 0 Å². The summed E-state index contributed by atoms with van der Waals surface area (Å²) in [5, 5.41) is 9.52. The molecule has 0 radical (unpaired) electrons. The summed E-state index contributed by atoms with van der Waals surface area (Å²) in [5.41, 5.74) is 3.05. The van der Waals surface area contributed by atoms with Gasteiger partial charge in [-0.2, -0.15) is 15.0 Å². The summed E-state index contributed by atoms with van der Waals surface area (Å²) in [6.45, 7) is 3.55. The molecule has 0 bridgehead atoms. The molecule has 0 aliphatic carbocycles. The summed E-state index contributed by atoms with van der Waals surface area (Å²) in [7, 11) is 2.11. The molecule has 1 fully saturated rings. The number of carbonyl (C=O) groups is 1. The molecule has 3 aromatic carbocycles. The van der Waals surface area contributed by atoms with Gasteiger partial charge < -0.3 is 25.8 Å². The van der Waals surface area contributed by atoms with Crippen molar-refractivity contribution in [1.29, 1.82) is 0 Å². The van der Waals surface area contributed by atoms with E-state index in [4.69, 9.17) is 21.6 Å². The molecule has 0 spiro atoms. The Labute approximate surface area is 232 Å². The summed E-state index contributed by atoms with van der Waals surface area (Å²) >= 11 is 5.92. The highest BCUT2D eigenvalue weighted by atomic mass is 35.5. The van der Waals surface area contributed by atoms with Gasteiger partial charge in [0, 0.05) is 48.3 Å². The highest BCUT2D eigenvalue weighted by molar-refractivity contribution is 6.30. The van der Waals surface area contributed by atoms with Gasteiger partial charge in [-0.15, -0.1) is 0 Å². The first-order valence-corrected chi connectivity index (χ1v) is 13.0. The molecule has 0 atom stereocenters. The minimum absolute atomic E-state index is 0.361. The zero-order valence-corrected chi connectivity index (χ0v) is 22.3. The Morgan fingerprint density at radius 3 is 2.28 bits per heavy atom. The molecule has 198 valence electrons. The summed E-state index contributed by atoms with van der Waals surface area (Å²) in [4.78, 5) is 31.0. The minimum atomic E-state index is -0.361. The highest BCUT2D eigenvalue weighted by Gasteiger charge is 2.18. The molecule has 1 aromatic heterocycles. The van der Waals surface area contributed by atoms with E-state index in [1.54, 1.807) is 24.3 Å². The van der Waals surface area contributed by atoms with Crippen LogP contribution in [0.5, 0.6) is 0 Å². The number of nitrogens with zero attached hydrogens (tertiary/aromatic N) is 5. The number of piperazine rings is 1. The Balaban J connectivity index is 1.33. The van der Waals surface area contributed by atoms with Crippen LogP contribution in [-0.2, 0) is 0 Å². The van der Waals surface area contributed by atoms with Gasteiger partial charge in [-0.1, -0.05) is 54.1 Å². The quantitative estimate of drug-likeness (QED) is 0.271. The molecule has 4 aromatic rings. The number of halogens is 1. The number of hydrogen-bond donors (Lipinski definition) is 3. The second kappa shape index (κ2) is 12.4. The van der Waals surface area contributed by atoms with Crippen molar-refractivity contribution in [1.82, 2.24) is 19.9 Å². The summed E-state index contributed by atoms with van der Waals surface area (Å²) < 4.78 is 0. The van der Waals surface area contributed by atoms with Crippen LogP contribution in [0, 0.1) is 0 Å². The summed E-state index contributed by atoms with van der Waals surface area (Å²) in [6.07, 6.45) is 3.87. The van der Waals surface area contributed by atoms with Crippen molar-refractivity contribution in [3.05, 3.63) is 95.3 Å². The number of hydrogen-bond acceptors (Lipinski definition) is 7. The van der Waals surface area contributed by atoms with E-state index in [-0.39, 0.29) is 6.03 Å². The molecule has 9 nitrogen and oxygen atoms in total. The van der Waals surface area contributed by atoms with Crippen LogP contribution < -0.4 is 20.9 Å². The van der Waals surface area contributed by atoms with Crippen LogP contribution in [0.2, 0.25) is 5.02 Å². The van der Waals surface area contributed by atoms with Crippen LogP contribution in [-0.4, -0.2) is 59.1 Å². The normalized spacial score (nSPS) is 13.8. The molecule has 0 unspecified atom stereocenters. The molecular formula is C29H29ClN8O. The maximum atomic E-state index is 12.5. The largest absolute Gasteiger partial charge is 0.338 e. The molecule has 2 heterocycles. The van der Waals surface area contributed by atoms with Crippen molar-refractivity contribution < 1.29 is 4.79 Å². The average molecular weight is 541 g/mol. The lowest BCUT2D eigenvalue weighted by Crippen LogP contribution is -2.45. The zero-order chi connectivity index (χ0) is 27.0. The highest BCUT2D eigenvalue weighted by Crippen LogP contribution is 2.21. The second-order valence-electron chi connectivity index (χ2n) is 9.14. The van der Waals surface area contributed by atoms with Crippen molar-refractivity contribution in [2.24, 2.45) is 0 Å². The lowest BCUT2D eigenvalue weighted by molar-refractivity contribution is 0.262. The van der Waals surface area contributed by atoms with E-state index in [9.17, 15) is 4.79 Å². The van der Waals surface area contributed by atoms with E-state index in [0.29, 0.717) is 34.1 Å². The molecule has 5 rings (SSSR count). The predicted octanol–water partition coefficient (Wildman–Crippen LogP) is 5.83. The number of nitrogens with one attached hydrogen (secondary N) is 3. The Hall–Kier alpha value is -4.47. The predicted molar refractivity (Wildman–Crippen MR) is 159 cm³/mol. The fraction of sp³-hybridized carbons (Fsp3) is 0.172. The van der Waals surface area contributed by atoms with Crippen LogP contribution in [0.3, 0.4) is 0 Å². The smallest absolute Gasteiger partial charge is 0.323 e. The van der Waals surface area contributed by atoms with Gasteiger partial charge in [0.2, 0.25) is 11.9 Å². The Kier molecular flexibility index (Phi) is 8.30. The van der Waals surface area contributed by atoms with Crippen LogP contribution >= 0.6 is 11.6 Å². The molecule has 2 amide bonds. The lowest BCUT2D eigenvalue weighted by atomic mass is 10.2. The van der Waals surface area contributed by atoms with Crippen LogP contribution in [0.1, 0.15) is 11.4 Å². The van der Waals surface area contributed by atoms with E-state index >= 15 is 0 Å². The molecule has 39 heavy (non-hydrogen) atoms. The number of urea groups is 1. The average Bonchev–Trinajstić information content (AvgIpc) is 2.94. The number of benzene rings is 3. The van der Waals surface area contributed by atoms with Gasteiger partial charge in [-0.25, -0.2) is 4.79 Å². The SMILES string of the molecule is CN1CCN(c2nc(C=Cc3ccccc3)nc(Nc3cccc(NC(=O)Nc4ccc(Cl)cc4)c3)n2)CC1. The third-order valence-corrected chi connectivity index (χ3v) is 6.38. The van der Waals surface area contributed by atoms with Gasteiger partial charge >= 0.3 is 6.03 Å². The fourth-order valence-electron chi connectivity index (χ4n) is 4.02. The van der Waals surface area contributed by atoms with Gasteiger partial charge in [0.1, 0.15) is 0 Å². The fourth-order valence-corrected chi connectivity index (χ4v) is 4.15. The topological polar surface area (TPSA) is 98.3 Å². The molecule has 0 saturated carbocycles. The van der Waals surface area contributed by atoms with Crippen LogP contribution in [0.15, 0.2) is 78.9 Å². The van der Waals surface area contributed by atoms with Crippen molar-refractivity contribution in [3.63, 3.8) is 0 Å². The molecule has 1 aliphatic rings. The molecule has 10 heteroatoms. The van der Waals surface area contributed by atoms with Crippen molar-refractivity contribution in [3.8, 4) is 0 Å². The summed E-state index contributed by atoms with van der Waals surface area (Å²) in [6, 6.07) is 23.9. The third-order valence-electron chi connectivity index (χ3n) is 6.13. The van der Waals surface area contributed by atoms with E-state index in [2.05, 4.69) is 37.8 Å². The van der Waals surface area contributed by atoms with Crippen LogP contribution in [0.4, 0.5) is 33.8 Å². The first kappa shape index (κ1) is 26.1. The van der Waals surface area contributed by atoms with E-state index < -0.39 is 0 Å². The number of aromatic nitrogens is 3. The van der Waals surface area contributed by atoms with Gasteiger partial charge in [0.25, 0.3) is 0 Å². The first-order chi connectivity index (χ1) is 19.0. The number of likely N-dealkylation sites (N-methyl/N-ethyl adjacent to an activating group) is 1. The van der Waals surface area contributed by atoms with Gasteiger partial charge in [-0.3, -0.25) is 0 Å². The molecule has 1 aliphatic heterocycles. The Morgan fingerprint density at radius 2 is 1.51 bits per heavy atom. The molecular weight excluding hydrogens is 512 g/mol. The van der Waals surface area contributed by atoms with Gasteiger partial charge in [0.05, 0.1) is 0 Å². The van der Waals surface area contributed by atoms with Crippen molar-refractivity contribution >= 4 is 58.7 Å². The standard InChI is InChI=1S/C29H29ClN8O/c1-37-16-18-38(19-17-37)28-35-26(15-10-21-6-3-2-4-7-21)34-27(36-28)31-24-8-5-9-25(20-24)33-29(39)32-23-13-11-22(30)12-14-23/h2-15,20H,16-19H2,1H3,(H2,32,33,39)(H,31,34,35,36). The molecule has 1 saturated heterocycles. The Bertz CT molecular complexity index is 1440. The van der Waals surface area contributed by atoms with E-state index in [0.717, 1.165) is 37.4 Å². The monoisotopic (exact) mass is 540 g/mol. The van der Waals surface area contributed by atoms with E-state index in [1.807, 2.05) is 66.7 Å². The third kappa shape index (κ3) is 7.53. The second-order valence-corrected chi connectivity index (χ2v) is 9.58. The van der Waals surface area contributed by atoms with Gasteiger partial charge in [-0.05, 0) is 61.2 Å². The zero-order valence-electron chi connectivity index (χ0n) is 21.5. The minimum Gasteiger partial charge on any atom is -0.338 e. The van der Waals surface area contributed by atoms with Crippen molar-refractivity contribution in [2.75, 3.05) is 54.1 Å². The molecule has 3 N–H and O–H groups in total. The maximum absolute atomic E-state index is 12.5. The number of carbonyl (C=O) groups excluding carboxylic acids is 1. The number of anilines is 5. The number of amides is 2. The number of rotatable bonds is 7. The lowest BCUT2D eigenvalue weighted by Gasteiger charge is -2.32. The van der Waals surface area contributed by atoms with Crippen molar-refractivity contribution in [2.45, 2.75) is 0 Å². The summed E-state index contributed by atoms with van der Waals surface area (Å²) in [5.74, 6) is 1.61. The first-order valence-electron chi connectivity index (χ1n) is 12.6.